The van der Waals surface area contributed by atoms with E-state index in [2.05, 4.69) is 17.3 Å². The minimum atomic E-state index is -3.39. The normalized spacial score (nSPS) is 22.4. The summed E-state index contributed by atoms with van der Waals surface area (Å²) < 4.78 is 51.6. The van der Waals surface area contributed by atoms with Gasteiger partial charge in [0.1, 0.15) is 23.4 Å². The van der Waals surface area contributed by atoms with Crippen LogP contribution < -0.4 is 19.6 Å². The van der Waals surface area contributed by atoms with Gasteiger partial charge in [-0.05, 0) is 108 Å². The minimum absolute atomic E-state index is 0.0182. The van der Waals surface area contributed by atoms with E-state index in [0.29, 0.717) is 36.3 Å². The number of alkyl carbamates (subject to hydrolysis) is 1. The van der Waals surface area contributed by atoms with Gasteiger partial charge < -0.3 is 52.9 Å². The summed E-state index contributed by atoms with van der Waals surface area (Å²) in [7, 11) is 0.347. The second kappa shape index (κ2) is 19.2. The van der Waals surface area contributed by atoms with Gasteiger partial charge in [0.2, 0.25) is 0 Å². The number of carbonyl (C=O) groups is 1. The van der Waals surface area contributed by atoms with Crippen LogP contribution in [0.5, 0.6) is 17.2 Å². The summed E-state index contributed by atoms with van der Waals surface area (Å²) >= 11 is 0. The molecule has 3 heterocycles. The third kappa shape index (κ3) is 11.8. The summed E-state index contributed by atoms with van der Waals surface area (Å²) in [5.74, 6) is 2.16. The molecule has 0 saturated carbocycles. The van der Waals surface area contributed by atoms with E-state index in [1.165, 1.54) is 0 Å². The molecule has 51 heavy (non-hydrogen) atoms. The molecule has 0 aromatic heterocycles. The number of hydrogen-bond acceptors (Lipinski definition) is 13. The molecule has 2 aromatic rings. The number of fused-ring (bicyclic) bond motifs is 1. The fourth-order valence-corrected chi connectivity index (χ4v) is 7.91. The van der Waals surface area contributed by atoms with Gasteiger partial charge in [-0.15, -0.1) is 5.06 Å². The van der Waals surface area contributed by atoms with Crippen LogP contribution in [0.3, 0.4) is 0 Å². The lowest BCUT2D eigenvalue weighted by molar-refractivity contribution is -0.102. The molecule has 3 saturated heterocycles. The number of nitrogens with one attached hydrogen (secondary N) is 1. The fraction of sp³-hybridized carbons (Fsp3) is 0.639. The van der Waals surface area contributed by atoms with Crippen LogP contribution in [0.1, 0.15) is 38.7 Å². The van der Waals surface area contributed by atoms with Gasteiger partial charge in [0.05, 0.1) is 58.1 Å². The van der Waals surface area contributed by atoms with E-state index in [1.54, 1.807) is 38.2 Å². The Kier molecular flexibility index (Phi) is 14.8. The number of piperidine rings is 1. The molecule has 2 N–H and O–H groups in total. The fourth-order valence-electron chi connectivity index (χ4n) is 6.59. The smallest absolute Gasteiger partial charge is 0.407 e. The van der Waals surface area contributed by atoms with Crippen molar-refractivity contribution >= 4 is 13.7 Å². The van der Waals surface area contributed by atoms with E-state index in [9.17, 15) is 14.5 Å². The van der Waals surface area contributed by atoms with Crippen molar-refractivity contribution in [3.63, 3.8) is 0 Å². The zero-order valence-corrected chi connectivity index (χ0v) is 31.0. The Morgan fingerprint density at radius 1 is 1.00 bits per heavy atom. The Labute approximate surface area is 301 Å². The molecule has 1 unspecified atom stereocenters. The molecular weight excluding hydrogens is 681 g/mol. The van der Waals surface area contributed by atoms with E-state index >= 15 is 0 Å². The molecule has 284 valence electrons. The summed E-state index contributed by atoms with van der Waals surface area (Å²) in [6.45, 7) is 7.51. The van der Waals surface area contributed by atoms with Gasteiger partial charge in [0.25, 0.3) is 0 Å². The summed E-state index contributed by atoms with van der Waals surface area (Å²) in [6, 6.07) is 13.7. The quantitative estimate of drug-likeness (QED) is 0.152. The number of hydroxylamine groups is 2. The zero-order valence-electron chi connectivity index (χ0n) is 30.1. The van der Waals surface area contributed by atoms with Crippen LogP contribution in [0.25, 0.3) is 0 Å². The second-order valence-corrected chi connectivity index (χ2v) is 15.2. The highest BCUT2D eigenvalue weighted by Crippen LogP contribution is 2.47. The van der Waals surface area contributed by atoms with Crippen molar-refractivity contribution in [2.24, 2.45) is 11.8 Å². The molecule has 0 bridgehead atoms. The zero-order chi connectivity index (χ0) is 36.2. The van der Waals surface area contributed by atoms with Crippen LogP contribution in [0, 0.1) is 11.8 Å². The number of hydrogen-bond donors (Lipinski definition) is 2. The molecule has 3 aliphatic heterocycles. The molecule has 1 amide bonds. The van der Waals surface area contributed by atoms with Gasteiger partial charge in [0, 0.05) is 6.54 Å². The third-order valence-electron chi connectivity index (χ3n) is 9.42. The van der Waals surface area contributed by atoms with Gasteiger partial charge in [-0.25, -0.2) is 4.79 Å². The summed E-state index contributed by atoms with van der Waals surface area (Å²) in [4.78, 5) is 22.0. The first-order valence-electron chi connectivity index (χ1n) is 17.9. The first-order chi connectivity index (χ1) is 24.7. The SMILES string of the molecule is CCOP(=O)(COc1ccc(C[C@H](NC(=O)OC2CO[C@H]3OCC[C@@H]23)[C@H](O)CN(CC2CCN(C)CC2)Oc2ccc(OC)cc2)cc1)OCC. The van der Waals surface area contributed by atoms with Crippen LogP contribution in [0.2, 0.25) is 0 Å². The van der Waals surface area contributed by atoms with Crippen molar-refractivity contribution in [2.75, 3.05) is 73.1 Å². The Morgan fingerprint density at radius 2 is 1.67 bits per heavy atom. The highest BCUT2D eigenvalue weighted by Gasteiger charge is 2.44. The molecule has 0 aliphatic carbocycles. The highest BCUT2D eigenvalue weighted by atomic mass is 31.2. The molecule has 15 heteroatoms. The van der Waals surface area contributed by atoms with E-state index in [4.69, 9.17) is 37.6 Å². The third-order valence-corrected chi connectivity index (χ3v) is 11.2. The number of carbonyl (C=O) groups excluding carboxylic acids is 1. The van der Waals surface area contributed by atoms with Crippen LogP contribution in [0.15, 0.2) is 48.5 Å². The predicted octanol–water partition coefficient (Wildman–Crippen LogP) is 4.70. The van der Waals surface area contributed by atoms with Crippen LogP contribution in [0.4, 0.5) is 4.79 Å². The van der Waals surface area contributed by atoms with Crippen molar-refractivity contribution in [1.29, 1.82) is 0 Å². The number of amides is 1. The predicted molar refractivity (Wildman–Crippen MR) is 189 cm³/mol. The molecule has 5 atom stereocenters. The Bertz CT molecular complexity index is 1380. The summed E-state index contributed by atoms with van der Waals surface area (Å²) in [5.41, 5.74) is 0.830. The van der Waals surface area contributed by atoms with Gasteiger partial charge in [-0.3, -0.25) is 4.57 Å². The van der Waals surface area contributed by atoms with Crippen molar-refractivity contribution < 1.29 is 52.0 Å². The molecule has 14 nitrogen and oxygen atoms in total. The second-order valence-electron chi connectivity index (χ2n) is 13.2. The number of aliphatic hydroxyl groups is 1. The van der Waals surface area contributed by atoms with Gasteiger partial charge in [-0.1, -0.05) is 12.1 Å². The van der Waals surface area contributed by atoms with E-state index in [-0.39, 0.29) is 51.3 Å². The van der Waals surface area contributed by atoms with Crippen LogP contribution >= 0.6 is 7.60 Å². The molecule has 2 aromatic carbocycles. The lowest BCUT2D eigenvalue weighted by Gasteiger charge is -2.34. The molecule has 0 spiro atoms. The lowest BCUT2D eigenvalue weighted by atomic mass is 9.96. The first-order valence-corrected chi connectivity index (χ1v) is 19.6. The summed E-state index contributed by atoms with van der Waals surface area (Å²) in [5, 5.41) is 16.5. The Hall–Kier alpha value is -2.94. The number of benzene rings is 2. The monoisotopic (exact) mass is 735 g/mol. The van der Waals surface area contributed by atoms with Gasteiger partial charge in [-0.2, -0.15) is 0 Å². The van der Waals surface area contributed by atoms with Crippen molar-refractivity contribution in [1.82, 2.24) is 15.3 Å². The van der Waals surface area contributed by atoms with Crippen LogP contribution in [-0.4, -0.2) is 119 Å². The lowest BCUT2D eigenvalue weighted by Crippen LogP contribution is -2.51. The van der Waals surface area contributed by atoms with E-state index in [1.807, 2.05) is 36.4 Å². The first kappa shape index (κ1) is 39.3. The van der Waals surface area contributed by atoms with E-state index < -0.39 is 31.9 Å². The molecule has 3 fully saturated rings. The maximum Gasteiger partial charge on any atom is 0.407 e. The number of likely N-dealkylation sites (tertiary alicyclic amines) is 1. The van der Waals surface area contributed by atoms with Crippen molar-refractivity contribution in [3.05, 3.63) is 54.1 Å². The molecule has 0 radical (unpaired) electrons. The highest BCUT2D eigenvalue weighted by molar-refractivity contribution is 7.53. The topological polar surface area (TPSA) is 147 Å². The number of ether oxygens (including phenoxy) is 5. The number of nitrogens with zero attached hydrogens (tertiary/aromatic N) is 2. The number of methoxy groups -OCH3 is 1. The molecule has 3 aliphatic rings. The van der Waals surface area contributed by atoms with Crippen molar-refractivity contribution in [3.8, 4) is 17.2 Å². The number of rotatable bonds is 19. The Morgan fingerprint density at radius 3 is 2.33 bits per heavy atom. The van der Waals surface area contributed by atoms with Gasteiger partial charge in [0.15, 0.2) is 12.6 Å². The van der Waals surface area contributed by atoms with Crippen LogP contribution in [-0.2, 0) is 34.2 Å². The average molecular weight is 736 g/mol. The largest absolute Gasteiger partial charge is 0.497 e. The standard InChI is InChI=1S/C36H54N3O11P/c1-5-47-51(42,48-6-2)25-46-29-9-7-26(8-10-29)21-32(37-36(41)49-34-24-45-35-31(34)17-20-44-35)33(40)23-39(22-27-15-18-38(3)19-16-27)50-30-13-11-28(43-4)12-14-30/h7-14,27,31-35,40H,5-6,15-25H2,1-4H3,(H,37,41)/t31-,32-,33+,34?,35+/m0/s1. The molecule has 5 rings (SSSR count). The maximum absolute atomic E-state index is 13.3. The van der Waals surface area contributed by atoms with Gasteiger partial charge >= 0.3 is 13.7 Å². The van der Waals surface area contributed by atoms with E-state index in [0.717, 1.165) is 37.9 Å². The molecular formula is C36H54N3O11P. The van der Waals surface area contributed by atoms with Crippen molar-refractivity contribution in [2.45, 2.75) is 64.1 Å². The maximum atomic E-state index is 13.3. The average Bonchev–Trinajstić information content (AvgIpc) is 3.74. The number of aliphatic hydroxyl groups excluding tert-OH is 1. The Balaban J connectivity index is 1.29. The minimum Gasteiger partial charge on any atom is -0.497 e. The summed E-state index contributed by atoms with van der Waals surface area (Å²) in [6.07, 6.45) is 0.371.